The summed E-state index contributed by atoms with van der Waals surface area (Å²) in [5.74, 6) is 0. The molecular formula is C20H12N2O4. The second kappa shape index (κ2) is 4.98. The highest BCUT2D eigenvalue weighted by molar-refractivity contribution is 5.86. The Kier molecular flexibility index (Phi) is 2.83. The lowest BCUT2D eigenvalue weighted by Gasteiger charge is -2.06. The number of nitrogens with zero attached hydrogens (tertiary/aromatic N) is 2. The number of hydrogen-bond acceptors (Lipinski definition) is 4. The van der Waals surface area contributed by atoms with Crippen LogP contribution in [0.25, 0.3) is 22.3 Å². The zero-order chi connectivity index (χ0) is 18.0. The Hall–Kier alpha value is -3.54. The fourth-order valence-corrected chi connectivity index (χ4v) is 4.10. The van der Waals surface area contributed by atoms with Crippen LogP contribution in [0, 0.1) is 20.2 Å². The van der Waals surface area contributed by atoms with E-state index in [0.717, 1.165) is 44.5 Å². The predicted octanol–water partition coefficient (Wildman–Crippen LogP) is 4.65. The molecule has 0 spiro atoms. The van der Waals surface area contributed by atoms with Crippen molar-refractivity contribution in [1.29, 1.82) is 0 Å². The first-order valence-corrected chi connectivity index (χ1v) is 8.22. The summed E-state index contributed by atoms with van der Waals surface area (Å²) in [4.78, 5) is 21.3. The first kappa shape index (κ1) is 14.8. The van der Waals surface area contributed by atoms with E-state index in [-0.39, 0.29) is 21.2 Å². The van der Waals surface area contributed by atoms with E-state index < -0.39 is 0 Å². The number of hydrogen-bond donors (Lipinski definition) is 0. The average Bonchev–Trinajstić information content (AvgIpc) is 3.15. The molecule has 0 amide bonds. The van der Waals surface area contributed by atoms with Crippen LogP contribution in [-0.2, 0) is 12.8 Å². The van der Waals surface area contributed by atoms with Crippen molar-refractivity contribution in [2.75, 3.05) is 0 Å². The summed E-state index contributed by atoms with van der Waals surface area (Å²) in [6.45, 7) is 0. The van der Waals surface area contributed by atoms with Crippen molar-refractivity contribution in [3.63, 3.8) is 0 Å². The summed E-state index contributed by atoms with van der Waals surface area (Å²) >= 11 is 0. The van der Waals surface area contributed by atoms with Crippen molar-refractivity contribution in [3.05, 3.63) is 91.0 Å². The molecule has 0 aromatic heterocycles. The number of fused-ring (bicyclic) bond motifs is 6. The molecule has 0 heterocycles. The number of non-ortho nitro benzene ring substituents is 2. The van der Waals surface area contributed by atoms with Crippen molar-refractivity contribution < 1.29 is 9.85 Å². The third-order valence-corrected chi connectivity index (χ3v) is 5.27. The Morgan fingerprint density at radius 1 is 0.577 bits per heavy atom. The van der Waals surface area contributed by atoms with Gasteiger partial charge in [-0.2, -0.15) is 0 Å². The first-order chi connectivity index (χ1) is 12.5. The maximum absolute atomic E-state index is 11.0. The fraction of sp³-hybridized carbons (Fsp3) is 0.100. The molecule has 0 saturated carbocycles. The molecule has 2 aliphatic rings. The van der Waals surface area contributed by atoms with Crippen LogP contribution in [0.15, 0.2) is 48.5 Å². The number of nitro benzene ring substituents is 2. The number of rotatable bonds is 2. The van der Waals surface area contributed by atoms with Crippen molar-refractivity contribution in [3.8, 4) is 22.3 Å². The van der Waals surface area contributed by atoms with Crippen molar-refractivity contribution in [2.45, 2.75) is 12.8 Å². The zero-order valence-corrected chi connectivity index (χ0v) is 13.6. The highest BCUT2D eigenvalue weighted by Gasteiger charge is 2.27. The van der Waals surface area contributed by atoms with Gasteiger partial charge in [-0.15, -0.1) is 0 Å². The highest BCUT2D eigenvalue weighted by atomic mass is 16.6. The molecule has 6 nitrogen and oxygen atoms in total. The van der Waals surface area contributed by atoms with E-state index in [1.165, 1.54) is 0 Å². The van der Waals surface area contributed by atoms with E-state index in [1.807, 2.05) is 12.1 Å². The smallest absolute Gasteiger partial charge is 0.258 e. The molecule has 0 N–H and O–H groups in total. The highest BCUT2D eigenvalue weighted by Crippen LogP contribution is 2.45. The standard InChI is InChI=1S/C20H12N2O4/c23-21(24)15-1-3-17-11(7-15)5-13-10-20-14(9-19(13)17)6-12-8-16(22(25)26)2-4-18(12)20/h1-4,7-10H,5-6H2. The SMILES string of the molecule is O=[N+]([O-])c1ccc2c(c1)Cc1cc3c(cc1-2)Cc1cc([N+](=O)[O-])ccc1-3. The van der Waals surface area contributed by atoms with E-state index in [1.54, 1.807) is 24.3 Å². The van der Waals surface area contributed by atoms with Gasteiger partial charge in [0.05, 0.1) is 9.85 Å². The van der Waals surface area contributed by atoms with Crippen LogP contribution in [0.1, 0.15) is 22.3 Å². The summed E-state index contributed by atoms with van der Waals surface area (Å²) in [5.41, 5.74) is 8.75. The molecule has 5 rings (SSSR count). The van der Waals surface area contributed by atoms with Gasteiger partial charge in [0.2, 0.25) is 0 Å². The van der Waals surface area contributed by atoms with Gasteiger partial charge in [-0.05, 0) is 81.6 Å². The largest absolute Gasteiger partial charge is 0.269 e. The molecular weight excluding hydrogens is 332 g/mol. The molecule has 6 heteroatoms. The van der Waals surface area contributed by atoms with Crippen molar-refractivity contribution >= 4 is 11.4 Å². The van der Waals surface area contributed by atoms with E-state index >= 15 is 0 Å². The number of nitro groups is 2. The lowest BCUT2D eigenvalue weighted by molar-refractivity contribution is -0.385. The average molecular weight is 344 g/mol. The quantitative estimate of drug-likeness (QED) is 0.345. The molecule has 2 aliphatic carbocycles. The molecule has 26 heavy (non-hydrogen) atoms. The normalized spacial score (nSPS) is 12.9. The Morgan fingerprint density at radius 2 is 0.962 bits per heavy atom. The van der Waals surface area contributed by atoms with E-state index in [0.29, 0.717) is 12.8 Å². The lowest BCUT2D eigenvalue weighted by atomic mass is 9.98. The Bertz CT molecular complexity index is 1060. The summed E-state index contributed by atoms with van der Waals surface area (Å²) < 4.78 is 0. The minimum Gasteiger partial charge on any atom is -0.258 e. The van der Waals surface area contributed by atoms with Crippen LogP contribution in [0.5, 0.6) is 0 Å². The topological polar surface area (TPSA) is 86.3 Å². The maximum atomic E-state index is 11.0. The van der Waals surface area contributed by atoms with Gasteiger partial charge >= 0.3 is 0 Å². The summed E-state index contributed by atoms with van der Waals surface area (Å²) in [6.07, 6.45) is 1.34. The minimum absolute atomic E-state index is 0.113. The molecule has 0 aliphatic heterocycles. The molecule has 126 valence electrons. The predicted molar refractivity (Wildman–Crippen MR) is 96.2 cm³/mol. The third kappa shape index (κ3) is 1.99. The molecule has 3 aromatic rings. The third-order valence-electron chi connectivity index (χ3n) is 5.27. The minimum atomic E-state index is -0.369. The molecule has 3 aromatic carbocycles. The summed E-state index contributed by atoms with van der Waals surface area (Å²) in [5, 5.41) is 22.0. The van der Waals surface area contributed by atoms with Gasteiger partial charge in [-0.3, -0.25) is 20.2 Å². The van der Waals surface area contributed by atoms with Gasteiger partial charge in [0, 0.05) is 24.3 Å². The van der Waals surface area contributed by atoms with Gasteiger partial charge in [0.15, 0.2) is 0 Å². The van der Waals surface area contributed by atoms with Gasteiger partial charge < -0.3 is 0 Å². The summed E-state index contributed by atoms with van der Waals surface area (Å²) in [7, 11) is 0. The molecule has 0 saturated heterocycles. The Labute approximate surface area is 148 Å². The van der Waals surface area contributed by atoms with Crippen LogP contribution < -0.4 is 0 Å². The molecule has 0 bridgehead atoms. The van der Waals surface area contributed by atoms with E-state index in [4.69, 9.17) is 0 Å². The maximum Gasteiger partial charge on any atom is 0.269 e. The molecule has 0 fully saturated rings. The monoisotopic (exact) mass is 344 g/mol. The Balaban J connectivity index is 1.61. The molecule has 0 atom stereocenters. The van der Waals surface area contributed by atoms with E-state index in [9.17, 15) is 20.2 Å². The van der Waals surface area contributed by atoms with Gasteiger partial charge in [-0.1, -0.05) is 0 Å². The fourth-order valence-electron chi connectivity index (χ4n) is 4.10. The van der Waals surface area contributed by atoms with Crippen LogP contribution >= 0.6 is 0 Å². The Morgan fingerprint density at radius 3 is 1.35 bits per heavy atom. The molecule has 0 radical (unpaired) electrons. The van der Waals surface area contributed by atoms with Gasteiger partial charge in [0.1, 0.15) is 0 Å². The van der Waals surface area contributed by atoms with Crippen LogP contribution in [0.3, 0.4) is 0 Å². The second-order valence-electron chi connectivity index (χ2n) is 6.72. The first-order valence-electron chi connectivity index (χ1n) is 8.22. The molecule has 0 unspecified atom stereocenters. The van der Waals surface area contributed by atoms with Crippen LogP contribution in [0.4, 0.5) is 11.4 Å². The van der Waals surface area contributed by atoms with Gasteiger partial charge in [0.25, 0.3) is 11.4 Å². The van der Waals surface area contributed by atoms with Crippen LogP contribution in [-0.4, -0.2) is 9.85 Å². The van der Waals surface area contributed by atoms with E-state index in [2.05, 4.69) is 12.1 Å². The van der Waals surface area contributed by atoms with Crippen molar-refractivity contribution in [2.24, 2.45) is 0 Å². The number of benzene rings is 3. The van der Waals surface area contributed by atoms with Crippen LogP contribution in [0.2, 0.25) is 0 Å². The van der Waals surface area contributed by atoms with Crippen molar-refractivity contribution in [1.82, 2.24) is 0 Å². The summed E-state index contributed by atoms with van der Waals surface area (Å²) in [6, 6.07) is 14.3. The zero-order valence-electron chi connectivity index (χ0n) is 13.6. The van der Waals surface area contributed by atoms with Gasteiger partial charge in [-0.25, -0.2) is 0 Å². The lowest BCUT2D eigenvalue weighted by Crippen LogP contribution is -1.90. The second-order valence-corrected chi connectivity index (χ2v) is 6.72.